The molecule has 0 bridgehead atoms. The zero-order chi connectivity index (χ0) is 13.4. The highest BCUT2D eigenvalue weighted by atomic mass is 16.2. The molecule has 19 heavy (non-hydrogen) atoms. The van der Waals surface area contributed by atoms with Gasteiger partial charge in [0.25, 0.3) is 0 Å². The number of hydrogen-bond acceptors (Lipinski definition) is 3. The quantitative estimate of drug-likeness (QED) is 0.768. The number of nitrogens with two attached hydrogens (primary N) is 1. The van der Waals surface area contributed by atoms with E-state index >= 15 is 0 Å². The van der Waals surface area contributed by atoms with E-state index in [1.165, 1.54) is 0 Å². The van der Waals surface area contributed by atoms with Crippen molar-refractivity contribution in [1.29, 1.82) is 0 Å². The molecule has 1 heterocycles. The van der Waals surface area contributed by atoms with Crippen molar-refractivity contribution in [1.82, 2.24) is 0 Å². The predicted molar refractivity (Wildman–Crippen MR) is 77.7 cm³/mol. The Morgan fingerprint density at radius 3 is 2.68 bits per heavy atom. The van der Waals surface area contributed by atoms with Gasteiger partial charge in [0.1, 0.15) is 6.54 Å². The van der Waals surface area contributed by atoms with E-state index < -0.39 is 0 Å². The molecule has 3 N–H and O–H groups in total. The largest absolute Gasteiger partial charge is 0.397 e. The highest BCUT2D eigenvalue weighted by molar-refractivity contribution is 6.04. The van der Waals surface area contributed by atoms with Gasteiger partial charge in [-0.2, -0.15) is 0 Å². The number of benzene rings is 2. The van der Waals surface area contributed by atoms with E-state index in [1.54, 1.807) is 0 Å². The molecule has 0 saturated heterocycles. The molecule has 1 aliphatic heterocycles. The number of nitrogen functional groups attached to an aromatic ring is 1. The van der Waals surface area contributed by atoms with Crippen LogP contribution in [0.4, 0.5) is 22.7 Å². The second-order valence-electron chi connectivity index (χ2n) is 4.66. The number of carbonyl (C=O) groups excluding carboxylic acids is 1. The molecule has 0 spiro atoms. The zero-order valence-electron chi connectivity index (χ0n) is 10.7. The topological polar surface area (TPSA) is 58.4 Å². The van der Waals surface area contributed by atoms with E-state index in [-0.39, 0.29) is 12.5 Å². The summed E-state index contributed by atoms with van der Waals surface area (Å²) in [6, 6.07) is 13.6. The van der Waals surface area contributed by atoms with E-state index in [9.17, 15) is 4.79 Å². The maximum atomic E-state index is 11.8. The number of nitrogens with zero attached hydrogens (tertiary/aromatic N) is 1. The first-order valence-corrected chi connectivity index (χ1v) is 6.18. The van der Waals surface area contributed by atoms with E-state index in [2.05, 4.69) is 5.32 Å². The molecular formula is C15H15N3O. The summed E-state index contributed by atoms with van der Waals surface area (Å²) in [6.45, 7) is 2.25. The Morgan fingerprint density at radius 2 is 1.84 bits per heavy atom. The van der Waals surface area contributed by atoms with Crippen LogP contribution in [0.3, 0.4) is 0 Å². The van der Waals surface area contributed by atoms with Gasteiger partial charge in [-0.25, -0.2) is 0 Å². The fourth-order valence-corrected chi connectivity index (χ4v) is 2.35. The number of aryl methyl sites for hydroxylation is 1. The SMILES string of the molecule is Cc1cccc(N2CC(=O)Nc3ccccc32)c1N. The van der Waals surface area contributed by atoms with Crippen molar-refractivity contribution in [2.24, 2.45) is 0 Å². The van der Waals surface area contributed by atoms with Crippen molar-refractivity contribution in [3.63, 3.8) is 0 Å². The van der Waals surface area contributed by atoms with Gasteiger partial charge < -0.3 is 16.0 Å². The molecule has 0 fully saturated rings. The van der Waals surface area contributed by atoms with E-state index in [0.717, 1.165) is 22.6 Å². The minimum absolute atomic E-state index is 0.0281. The molecule has 96 valence electrons. The standard InChI is InChI=1S/C15H15N3O/c1-10-5-4-8-13(15(10)16)18-9-14(19)17-11-6-2-3-7-12(11)18/h2-8H,9,16H2,1H3,(H,17,19). The van der Waals surface area contributed by atoms with Crippen molar-refractivity contribution < 1.29 is 4.79 Å². The van der Waals surface area contributed by atoms with Crippen LogP contribution in [0.15, 0.2) is 42.5 Å². The second kappa shape index (κ2) is 4.31. The van der Waals surface area contributed by atoms with Crippen molar-refractivity contribution in [2.45, 2.75) is 6.92 Å². The van der Waals surface area contributed by atoms with E-state index in [0.29, 0.717) is 5.69 Å². The summed E-state index contributed by atoms with van der Waals surface area (Å²) < 4.78 is 0. The Bertz CT molecular complexity index is 652. The summed E-state index contributed by atoms with van der Waals surface area (Å²) >= 11 is 0. The van der Waals surface area contributed by atoms with Gasteiger partial charge in [0, 0.05) is 0 Å². The summed E-state index contributed by atoms with van der Waals surface area (Å²) in [4.78, 5) is 13.8. The summed E-state index contributed by atoms with van der Waals surface area (Å²) in [7, 11) is 0. The maximum Gasteiger partial charge on any atom is 0.244 e. The normalized spacial score (nSPS) is 13.9. The summed E-state index contributed by atoms with van der Waals surface area (Å²) in [5, 5.41) is 2.87. The van der Waals surface area contributed by atoms with Crippen molar-refractivity contribution in [3.05, 3.63) is 48.0 Å². The molecule has 0 atom stereocenters. The van der Waals surface area contributed by atoms with Crippen LogP contribution in [0, 0.1) is 6.92 Å². The van der Waals surface area contributed by atoms with Gasteiger partial charge in [-0.3, -0.25) is 4.79 Å². The number of anilines is 4. The molecule has 0 radical (unpaired) electrons. The molecule has 0 aliphatic carbocycles. The fourth-order valence-electron chi connectivity index (χ4n) is 2.35. The van der Waals surface area contributed by atoms with Crippen LogP contribution in [0.2, 0.25) is 0 Å². The zero-order valence-corrected chi connectivity index (χ0v) is 10.7. The van der Waals surface area contributed by atoms with Crippen molar-refractivity contribution >= 4 is 28.7 Å². The number of amides is 1. The number of fused-ring (bicyclic) bond motifs is 1. The second-order valence-corrected chi connectivity index (χ2v) is 4.66. The Hall–Kier alpha value is -2.49. The minimum Gasteiger partial charge on any atom is -0.397 e. The molecular weight excluding hydrogens is 238 g/mol. The lowest BCUT2D eigenvalue weighted by atomic mass is 10.1. The first-order chi connectivity index (χ1) is 9.16. The molecule has 2 aromatic rings. The smallest absolute Gasteiger partial charge is 0.244 e. The van der Waals surface area contributed by atoms with Crippen LogP contribution in [-0.2, 0) is 4.79 Å². The van der Waals surface area contributed by atoms with Crippen LogP contribution in [0.5, 0.6) is 0 Å². The molecule has 0 unspecified atom stereocenters. The van der Waals surface area contributed by atoms with Gasteiger partial charge in [-0.15, -0.1) is 0 Å². The van der Waals surface area contributed by atoms with Gasteiger partial charge in [0.05, 0.1) is 22.7 Å². The van der Waals surface area contributed by atoms with Gasteiger partial charge in [-0.05, 0) is 30.7 Å². The Balaban J connectivity index is 2.15. The molecule has 1 aliphatic rings. The highest BCUT2D eigenvalue weighted by Crippen LogP contribution is 2.38. The fraction of sp³-hybridized carbons (Fsp3) is 0.133. The Labute approximate surface area is 111 Å². The lowest BCUT2D eigenvalue weighted by Gasteiger charge is -2.32. The number of nitrogens with one attached hydrogen (secondary N) is 1. The summed E-state index contributed by atoms with van der Waals surface area (Å²) in [6.07, 6.45) is 0. The molecule has 2 aromatic carbocycles. The molecule has 4 nitrogen and oxygen atoms in total. The lowest BCUT2D eigenvalue weighted by Crippen LogP contribution is -2.35. The highest BCUT2D eigenvalue weighted by Gasteiger charge is 2.24. The van der Waals surface area contributed by atoms with E-state index in [4.69, 9.17) is 5.73 Å². The Morgan fingerprint density at radius 1 is 1.11 bits per heavy atom. The number of rotatable bonds is 1. The predicted octanol–water partition coefficient (Wildman–Crippen LogP) is 2.67. The molecule has 4 heteroatoms. The first kappa shape index (κ1) is 11.6. The van der Waals surface area contributed by atoms with Gasteiger partial charge in [0.15, 0.2) is 0 Å². The van der Waals surface area contributed by atoms with Crippen LogP contribution >= 0.6 is 0 Å². The summed E-state index contributed by atoms with van der Waals surface area (Å²) in [5.41, 5.74) is 10.5. The monoisotopic (exact) mass is 253 g/mol. The van der Waals surface area contributed by atoms with Crippen LogP contribution in [0.25, 0.3) is 0 Å². The third-order valence-electron chi connectivity index (χ3n) is 3.36. The van der Waals surface area contributed by atoms with Crippen molar-refractivity contribution in [2.75, 3.05) is 22.5 Å². The molecule has 0 saturated carbocycles. The van der Waals surface area contributed by atoms with Crippen LogP contribution < -0.4 is 16.0 Å². The first-order valence-electron chi connectivity index (χ1n) is 6.18. The number of hydrogen-bond donors (Lipinski definition) is 2. The van der Waals surface area contributed by atoms with Gasteiger partial charge in [0.2, 0.25) is 5.91 Å². The number of para-hydroxylation sites is 3. The third-order valence-corrected chi connectivity index (χ3v) is 3.36. The average molecular weight is 253 g/mol. The van der Waals surface area contributed by atoms with Gasteiger partial charge >= 0.3 is 0 Å². The number of carbonyl (C=O) groups is 1. The molecule has 0 aromatic heterocycles. The Kier molecular flexibility index (Phi) is 2.63. The summed E-state index contributed by atoms with van der Waals surface area (Å²) in [5.74, 6) is -0.0281. The molecule has 3 rings (SSSR count). The third kappa shape index (κ3) is 1.91. The van der Waals surface area contributed by atoms with Crippen LogP contribution in [-0.4, -0.2) is 12.5 Å². The lowest BCUT2D eigenvalue weighted by molar-refractivity contribution is -0.115. The molecule has 1 amide bonds. The maximum absolute atomic E-state index is 11.8. The minimum atomic E-state index is -0.0281. The van der Waals surface area contributed by atoms with Crippen molar-refractivity contribution in [3.8, 4) is 0 Å². The van der Waals surface area contributed by atoms with E-state index in [1.807, 2.05) is 54.3 Å². The van der Waals surface area contributed by atoms with Crippen LogP contribution in [0.1, 0.15) is 5.56 Å². The average Bonchev–Trinajstić information content (AvgIpc) is 2.41. The van der Waals surface area contributed by atoms with Gasteiger partial charge in [-0.1, -0.05) is 24.3 Å².